The number of rotatable bonds is 7. The van der Waals surface area contributed by atoms with Crippen LogP contribution in [0.5, 0.6) is 0 Å². The first kappa shape index (κ1) is 25.2. The van der Waals surface area contributed by atoms with Crippen LogP contribution >= 0.6 is 11.3 Å². The number of likely N-dealkylation sites (tertiary alicyclic amines) is 1. The zero-order valence-corrected chi connectivity index (χ0v) is 20.8. The van der Waals surface area contributed by atoms with Gasteiger partial charge < -0.3 is 16.0 Å². The minimum absolute atomic E-state index is 0.0827. The molecule has 2 aromatic carbocycles. The third kappa shape index (κ3) is 5.75. The fraction of sp³-hybridized carbons (Fsp3) is 0.296. The molecule has 1 aliphatic heterocycles. The minimum Gasteiger partial charge on any atom is -0.360 e. The number of carbonyl (C=O) groups is 1. The normalized spacial score (nSPS) is 14.8. The molecule has 0 bridgehead atoms. The highest BCUT2D eigenvalue weighted by Gasteiger charge is 2.30. The van der Waals surface area contributed by atoms with Crippen molar-refractivity contribution < 1.29 is 18.0 Å². The molecule has 1 aliphatic rings. The van der Waals surface area contributed by atoms with Crippen LogP contribution in [0.15, 0.2) is 60.9 Å². The Balaban J connectivity index is 1.34. The fourth-order valence-electron chi connectivity index (χ4n) is 4.45. The van der Waals surface area contributed by atoms with E-state index in [0.29, 0.717) is 23.8 Å². The lowest BCUT2D eigenvalue weighted by molar-refractivity contribution is -0.137. The number of amides is 1. The summed E-state index contributed by atoms with van der Waals surface area (Å²) < 4.78 is 38.4. The Morgan fingerprint density at radius 1 is 1.08 bits per heavy atom. The third-order valence-electron chi connectivity index (χ3n) is 6.42. The van der Waals surface area contributed by atoms with E-state index in [0.717, 1.165) is 64.8 Å². The standard InChI is InChI=1S/C27H26F3N5OS/c28-27(29,30)21-7-3-17(4-8-21)13-22(31)16-33-26-34-23(25(36)35-11-1-2-12-35)24(37-26)19-5-6-20-15-32-10-9-18(20)14-19/h3-10,14-15,22H,1-2,11-13,16,31H2,(H,33,34)/t22-/m1/s1. The van der Waals surface area contributed by atoms with Crippen LogP contribution in [0.25, 0.3) is 21.2 Å². The fourth-order valence-corrected chi connectivity index (χ4v) is 5.41. The van der Waals surface area contributed by atoms with E-state index in [1.54, 1.807) is 12.4 Å². The molecule has 2 aromatic heterocycles. The minimum atomic E-state index is -4.36. The summed E-state index contributed by atoms with van der Waals surface area (Å²) in [7, 11) is 0. The monoisotopic (exact) mass is 525 g/mol. The van der Waals surface area contributed by atoms with Gasteiger partial charge in [-0.05, 0) is 60.0 Å². The lowest BCUT2D eigenvalue weighted by atomic mass is 10.0. The number of pyridine rings is 1. The summed E-state index contributed by atoms with van der Waals surface area (Å²) in [6, 6.07) is 12.6. The molecule has 192 valence electrons. The van der Waals surface area contributed by atoms with Gasteiger partial charge in [-0.1, -0.05) is 35.6 Å². The van der Waals surface area contributed by atoms with Crippen LogP contribution in [-0.4, -0.2) is 46.5 Å². The number of anilines is 1. The number of carbonyl (C=O) groups excluding carboxylic acids is 1. The van der Waals surface area contributed by atoms with Crippen LogP contribution in [0.4, 0.5) is 18.3 Å². The van der Waals surface area contributed by atoms with Gasteiger partial charge in [0.1, 0.15) is 5.69 Å². The Morgan fingerprint density at radius 2 is 1.84 bits per heavy atom. The molecule has 1 amide bonds. The number of fused-ring (bicyclic) bond motifs is 1. The van der Waals surface area contributed by atoms with Gasteiger partial charge in [-0.2, -0.15) is 13.2 Å². The molecular formula is C27H26F3N5OS. The number of halogens is 3. The highest BCUT2D eigenvalue weighted by molar-refractivity contribution is 7.19. The number of hydrogen-bond acceptors (Lipinski definition) is 6. The summed E-state index contributed by atoms with van der Waals surface area (Å²) in [4.78, 5) is 24.8. The molecule has 1 fully saturated rings. The number of aromatic nitrogens is 2. The first-order valence-electron chi connectivity index (χ1n) is 12.1. The van der Waals surface area contributed by atoms with Crippen LogP contribution in [0.1, 0.15) is 34.5 Å². The van der Waals surface area contributed by atoms with Crippen molar-refractivity contribution in [2.24, 2.45) is 5.73 Å². The molecule has 1 saturated heterocycles. The van der Waals surface area contributed by atoms with Crippen LogP contribution < -0.4 is 11.1 Å². The smallest absolute Gasteiger partial charge is 0.360 e. The van der Waals surface area contributed by atoms with Crippen molar-refractivity contribution in [2.75, 3.05) is 25.0 Å². The third-order valence-corrected chi connectivity index (χ3v) is 7.48. The van der Waals surface area contributed by atoms with E-state index in [-0.39, 0.29) is 11.9 Å². The summed E-state index contributed by atoms with van der Waals surface area (Å²) in [5, 5.41) is 5.85. The second-order valence-corrected chi connectivity index (χ2v) is 10.2. The summed E-state index contributed by atoms with van der Waals surface area (Å²) in [5.41, 5.74) is 7.62. The van der Waals surface area contributed by atoms with Gasteiger partial charge in [-0.3, -0.25) is 9.78 Å². The molecule has 3 heterocycles. The number of hydrogen-bond donors (Lipinski definition) is 2. The Labute approximate surface area is 216 Å². The zero-order valence-electron chi connectivity index (χ0n) is 20.0. The molecule has 0 spiro atoms. The number of nitrogens with one attached hydrogen (secondary N) is 1. The summed E-state index contributed by atoms with van der Waals surface area (Å²) >= 11 is 1.40. The second kappa shape index (κ2) is 10.5. The van der Waals surface area contributed by atoms with Crippen molar-refractivity contribution in [3.63, 3.8) is 0 Å². The van der Waals surface area contributed by atoms with Crippen LogP contribution in [-0.2, 0) is 12.6 Å². The molecule has 0 radical (unpaired) electrons. The number of nitrogens with zero attached hydrogens (tertiary/aromatic N) is 3. The van der Waals surface area contributed by atoms with Crippen LogP contribution in [0, 0.1) is 0 Å². The predicted molar refractivity (Wildman–Crippen MR) is 140 cm³/mol. The predicted octanol–water partition coefficient (Wildman–Crippen LogP) is 5.60. The molecule has 10 heteroatoms. The van der Waals surface area contributed by atoms with Crippen molar-refractivity contribution in [3.8, 4) is 10.4 Å². The van der Waals surface area contributed by atoms with Crippen molar-refractivity contribution in [3.05, 3.63) is 77.7 Å². The molecule has 6 nitrogen and oxygen atoms in total. The van der Waals surface area contributed by atoms with Crippen molar-refractivity contribution in [2.45, 2.75) is 31.5 Å². The van der Waals surface area contributed by atoms with Crippen molar-refractivity contribution >= 4 is 33.1 Å². The second-order valence-electron chi connectivity index (χ2n) is 9.17. The Bertz CT molecular complexity index is 1400. The Morgan fingerprint density at radius 3 is 2.57 bits per heavy atom. The molecule has 5 rings (SSSR count). The maximum Gasteiger partial charge on any atom is 0.416 e. The lowest BCUT2D eigenvalue weighted by Crippen LogP contribution is -2.31. The van der Waals surface area contributed by atoms with E-state index in [4.69, 9.17) is 5.73 Å². The van der Waals surface area contributed by atoms with E-state index in [2.05, 4.69) is 15.3 Å². The average molecular weight is 526 g/mol. The van der Waals surface area contributed by atoms with Gasteiger partial charge in [0.2, 0.25) is 0 Å². The highest BCUT2D eigenvalue weighted by Crippen LogP contribution is 2.36. The first-order chi connectivity index (χ1) is 17.8. The van der Waals surface area contributed by atoms with Crippen molar-refractivity contribution in [1.82, 2.24) is 14.9 Å². The van der Waals surface area contributed by atoms with E-state index in [1.165, 1.54) is 23.5 Å². The zero-order chi connectivity index (χ0) is 26.0. The Hall–Kier alpha value is -3.50. The SMILES string of the molecule is N[C@@H](CNc1nc(C(=O)N2CCCC2)c(-c2ccc3cnccc3c2)s1)Cc1ccc(C(F)(F)F)cc1. The van der Waals surface area contributed by atoms with E-state index in [9.17, 15) is 18.0 Å². The van der Waals surface area contributed by atoms with E-state index >= 15 is 0 Å². The highest BCUT2D eigenvalue weighted by atomic mass is 32.1. The number of thiazole rings is 1. The van der Waals surface area contributed by atoms with Crippen LogP contribution in [0.3, 0.4) is 0 Å². The van der Waals surface area contributed by atoms with Gasteiger partial charge >= 0.3 is 6.18 Å². The number of nitrogens with two attached hydrogens (primary N) is 1. The van der Waals surface area contributed by atoms with Crippen molar-refractivity contribution in [1.29, 1.82) is 0 Å². The molecule has 4 aromatic rings. The lowest BCUT2D eigenvalue weighted by Gasteiger charge is -2.14. The molecule has 0 unspecified atom stereocenters. The van der Waals surface area contributed by atoms with Crippen LogP contribution in [0.2, 0.25) is 0 Å². The van der Waals surface area contributed by atoms with Gasteiger partial charge in [0.05, 0.1) is 10.4 Å². The molecule has 37 heavy (non-hydrogen) atoms. The first-order valence-corrected chi connectivity index (χ1v) is 12.9. The molecule has 0 aliphatic carbocycles. The molecule has 1 atom stereocenters. The molecule has 3 N–H and O–H groups in total. The Kier molecular flexibility index (Phi) is 7.12. The van der Waals surface area contributed by atoms with Gasteiger partial charge in [0.15, 0.2) is 5.13 Å². The molecular weight excluding hydrogens is 499 g/mol. The van der Waals surface area contributed by atoms with E-state index < -0.39 is 11.7 Å². The van der Waals surface area contributed by atoms with Gasteiger partial charge in [0, 0.05) is 43.5 Å². The molecule has 0 saturated carbocycles. The summed E-state index contributed by atoms with van der Waals surface area (Å²) in [6.07, 6.45) is 1.54. The van der Waals surface area contributed by atoms with Gasteiger partial charge in [-0.25, -0.2) is 4.98 Å². The largest absolute Gasteiger partial charge is 0.416 e. The average Bonchev–Trinajstić information content (AvgIpc) is 3.57. The number of benzene rings is 2. The van der Waals surface area contributed by atoms with E-state index in [1.807, 2.05) is 29.2 Å². The maximum atomic E-state index is 13.3. The van der Waals surface area contributed by atoms with Gasteiger partial charge in [0.25, 0.3) is 5.91 Å². The summed E-state index contributed by atoms with van der Waals surface area (Å²) in [6.45, 7) is 1.80. The topological polar surface area (TPSA) is 84.1 Å². The quantitative estimate of drug-likeness (QED) is 0.328. The number of alkyl halides is 3. The summed E-state index contributed by atoms with van der Waals surface area (Å²) in [5.74, 6) is -0.0827. The van der Waals surface area contributed by atoms with Gasteiger partial charge in [-0.15, -0.1) is 0 Å². The maximum absolute atomic E-state index is 13.3.